The van der Waals surface area contributed by atoms with E-state index in [-0.39, 0.29) is 5.54 Å². The molecule has 7 heteroatoms. The normalized spacial score (nSPS) is 33.2. The molecule has 0 bridgehead atoms. The zero-order valence-electron chi connectivity index (χ0n) is 15.0. The van der Waals surface area contributed by atoms with Gasteiger partial charge in [-0.2, -0.15) is 11.8 Å². The largest absolute Gasteiger partial charge is 0.379 e. The predicted molar refractivity (Wildman–Crippen MR) is 102 cm³/mol. The summed E-state index contributed by atoms with van der Waals surface area (Å²) in [5.41, 5.74) is 6.36. The fourth-order valence-electron chi connectivity index (χ4n) is 4.16. The molecule has 0 saturated carbocycles. The number of guanidine groups is 1. The van der Waals surface area contributed by atoms with Gasteiger partial charge in [0.1, 0.15) is 0 Å². The number of hydrogen-bond acceptors (Lipinski definition) is 5. The zero-order valence-corrected chi connectivity index (χ0v) is 15.8. The number of ether oxygens (including phenoxy) is 1. The van der Waals surface area contributed by atoms with E-state index in [1.807, 2.05) is 11.8 Å². The van der Waals surface area contributed by atoms with Gasteiger partial charge in [0.25, 0.3) is 0 Å². The highest BCUT2D eigenvalue weighted by atomic mass is 32.2. The monoisotopic (exact) mass is 355 g/mol. The van der Waals surface area contributed by atoms with Gasteiger partial charge in [-0.25, -0.2) is 0 Å². The predicted octanol–water partition coefficient (Wildman–Crippen LogP) is 0.583. The molecule has 0 aliphatic carbocycles. The number of likely N-dealkylation sites (tertiary alicyclic amines) is 1. The molecule has 0 spiro atoms. The summed E-state index contributed by atoms with van der Waals surface area (Å²) in [5.74, 6) is 3.01. The Morgan fingerprint density at radius 2 is 2.21 bits per heavy atom. The summed E-state index contributed by atoms with van der Waals surface area (Å²) < 4.78 is 5.52. The fourth-order valence-corrected chi connectivity index (χ4v) is 5.63. The van der Waals surface area contributed by atoms with Gasteiger partial charge >= 0.3 is 0 Å². The molecule has 0 radical (unpaired) electrons. The van der Waals surface area contributed by atoms with E-state index >= 15 is 0 Å². The van der Waals surface area contributed by atoms with Crippen LogP contribution in [-0.4, -0.2) is 91.3 Å². The van der Waals surface area contributed by atoms with Gasteiger partial charge in [-0.1, -0.05) is 6.92 Å². The summed E-state index contributed by atoms with van der Waals surface area (Å²) in [6.45, 7) is 10.0. The van der Waals surface area contributed by atoms with Crippen LogP contribution in [0.4, 0.5) is 0 Å². The van der Waals surface area contributed by atoms with Crippen LogP contribution in [-0.2, 0) is 4.74 Å². The lowest BCUT2D eigenvalue weighted by molar-refractivity contribution is -0.0104. The number of nitrogens with two attached hydrogens (primary N) is 1. The molecule has 3 N–H and O–H groups in total. The first-order chi connectivity index (χ1) is 11.7. The number of aliphatic imine (C=N–C) groups is 1. The molecular weight excluding hydrogens is 322 g/mol. The smallest absolute Gasteiger partial charge is 0.188 e. The molecule has 0 amide bonds. The molecule has 0 aromatic heterocycles. The molecule has 0 aromatic rings. The third kappa shape index (κ3) is 4.36. The second kappa shape index (κ2) is 8.74. The molecule has 3 fully saturated rings. The van der Waals surface area contributed by atoms with Gasteiger partial charge in [-0.15, -0.1) is 0 Å². The van der Waals surface area contributed by atoms with Crippen LogP contribution in [0.3, 0.4) is 0 Å². The third-order valence-corrected chi connectivity index (χ3v) is 6.97. The van der Waals surface area contributed by atoms with E-state index < -0.39 is 0 Å². The van der Waals surface area contributed by atoms with Crippen LogP contribution in [0.2, 0.25) is 0 Å². The van der Waals surface area contributed by atoms with Crippen molar-refractivity contribution in [1.29, 1.82) is 0 Å². The van der Waals surface area contributed by atoms with Crippen molar-refractivity contribution in [2.45, 2.75) is 37.8 Å². The van der Waals surface area contributed by atoms with Crippen LogP contribution in [0.25, 0.3) is 0 Å². The minimum Gasteiger partial charge on any atom is -0.379 e. The van der Waals surface area contributed by atoms with E-state index in [1.54, 1.807) is 0 Å². The van der Waals surface area contributed by atoms with Gasteiger partial charge in [0.2, 0.25) is 0 Å². The number of morpholine rings is 1. The number of rotatable bonds is 6. The first-order valence-corrected chi connectivity index (χ1v) is 10.6. The van der Waals surface area contributed by atoms with Crippen molar-refractivity contribution in [2.75, 3.05) is 64.0 Å². The van der Waals surface area contributed by atoms with Crippen molar-refractivity contribution >= 4 is 17.7 Å². The molecular formula is C17H33N5OS. The topological polar surface area (TPSA) is 66.1 Å². The van der Waals surface area contributed by atoms with Crippen molar-refractivity contribution in [1.82, 2.24) is 15.1 Å². The highest BCUT2D eigenvalue weighted by Gasteiger charge is 2.40. The fraction of sp³-hybridized carbons (Fsp3) is 0.941. The van der Waals surface area contributed by atoms with Gasteiger partial charge in [-0.3, -0.25) is 14.8 Å². The highest BCUT2D eigenvalue weighted by Crippen LogP contribution is 2.34. The first kappa shape index (κ1) is 18.3. The van der Waals surface area contributed by atoms with E-state index in [0.717, 1.165) is 51.7 Å². The van der Waals surface area contributed by atoms with E-state index in [2.05, 4.69) is 22.0 Å². The molecule has 0 aromatic carbocycles. The van der Waals surface area contributed by atoms with E-state index in [1.165, 1.54) is 31.6 Å². The van der Waals surface area contributed by atoms with Crippen LogP contribution in [0.5, 0.6) is 0 Å². The van der Waals surface area contributed by atoms with Crippen molar-refractivity contribution in [3.05, 3.63) is 0 Å². The number of nitrogens with one attached hydrogen (secondary N) is 1. The highest BCUT2D eigenvalue weighted by molar-refractivity contribution is 7.99. The summed E-state index contributed by atoms with van der Waals surface area (Å²) in [5, 5.41) is 3.37. The van der Waals surface area contributed by atoms with Crippen LogP contribution >= 0.6 is 11.8 Å². The van der Waals surface area contributed by atoms with Crippen molar-refractivity contribution in [3.8, 4) is 0 Å². The van der Waals surface area contributed by atoms with Gasteiger partial charge in [0.05, 0.1) is 25.3 Å². The Morgan fingerprint density at radius 1 is 1.38 bits per heavy atom. The van der Waals surface area contributed by atoms with Gasteiger partial charge in [0.15, 0.2) is 5.96 Å². The Morgan fingerprint density at radius 3 is 2.92 bits per heavy atom. The second-order valence-electron chi connectivity index (χ2n) is 7.13. The van der Waals surface area contributed by atoms with E-state index in [9.17, 15) is 0 Å². The summed E-state index contributed by atoms with van der Waals surface area (Å²) in [6, 6.07) is 0.610. The van der Waals surface area contributed by atoms with Gasteiger partial charge < -0.3 is 15.8 Å². The quantitative estimate of drug-likeness (QED) is 0.537. The summed E-state index contributed by atoms with van der Waals surface area (Å²) in [4.78, 5) is 9.85. The molecule has 3 heterocycles. The van der Waals surface area contributed by atoms with Crippen LogP contribution in [0.15, 0.2) is 4.99 Å². The van der Waals surface area contributed by atoms with Crippen molar-refractivity contribution in [2.24, 2.45) is 10.7 Å². The van der Waals surface area contributed by atoms with Crippen LogP contribution in [0, 0.1) is 0 Å². The lowest BCUT2D eigenvalue weighted by Crippen LogP contribution is -2.56. The maximum absolute atomic E-state index is 6.18. The first-order valence-electron chi connectivity index (χ1n) is 9.42. The molecule has 3 rings (SSSR count). The average molecular weight is 356 g/mol. The molecule has 3 aliphatic heterocycles. The lowest BCUT2D eigenvalue weighted by atomic mass is 9.96. The zero-order chi connectivity index (χ0) is 16.8. The van der Waals surface area contributed by atoms with Crippen LogP contribution < -0.4 is 11.1 Å². The standard InChI is InChI=1S/C17H33N5OS/c1-2-21-6-3-4-15(21)12-19-16(18)20-13-17(5-11-24-14-17)22-7-9-23-10-8-22/h15H,2-14H2,1H3,(H3,18,19,20). The molecule has 2 atom stereocenters. The molecule has 2 unspecified atom stereocenters. The van der Waals surface area contributed by atoms with E-state index in [0.29, 0.717) is 12.0 Å². The average Bonchev–Trinajstić information content (AvgIpc) is 3.28. The molecule has 6 nitrogen and oxygen atoms in total. The SMILES string of the molecule is CCN1CCCC1CNC(N)=NCC1(N2CCOCC2)CCSC1. The number of thioether (sulfide) groups is 1. The minimum atomic E-state index is 0.184. The molecule has 24 heavy (non-hydrogen) atoms. The van der Waals surface area contributed by atoms with Gasteiger partial charge in [-0.05, 0) is 38.1 Å². The Kier molecular flexibility index (Phi) is 6.66. The van der Waals surface area contributed by atoms with Crippen molar-refractivity contribution in [3.63, 3.8) is 0 Å². The molecule has 3 aliphatic rings. The Labute approximate surface area is 150 Å². The Bertz CT molecular complexity index is 421. The lowest BCUT2D eigenvalue weighted by Gasteiger charge is -2.42. The Balaban J connectivity index is 1.52. The number of likely N-dealkylation sites (N-methyl/N-ethyl adjacent to an activating group) is 1. The Hall–Kier alpha value is -0.500. The molecule has 3 saturated heterocycles. The second-order valence-corrected chi connectivity index (χ2v) is 8.24. The van der Waals surface area contributed by atoms with Gasteiger partial charge in [0, 0.05) is 31.4 Å². The summed E-state index contributed by atoms with van der Waals surface area (Å²) in [7, 11) is 0. The number of hydrogen-bond donors (Lipinski definition) is 2. The summed E-state index contributed by atoms with van der Waals surface area (Å²) >= 11 is 2.04. The number of nitrogens with zero attached hydrogens (tertiary/aromatic N) is 3. The minimum absolute atomic E-state index is 0.184. The summed E-state index contributed by atoms with van der Waals surface area (Å²) in [6.07, 6.45) is 3.78. The maximum Gasteiger partial charge on any atom is 0.188 e. The third-order valence-electron chi connectivity index (χ3n) is 5.73. The molecule has 138 valence electrons. The maximum atomic E-state index is 6.18. The van der Waals surface area contributed by atoms with Crippen LogP contribution in [0.1, 0.15) is 26.2 Å². The van der Waals surface area contributed by atoms with Crippen molar-refractivity contribution < 1.29 is 4.74 Å². The van der Waals surface area contributed by atoms with E-state index in [4.69, 9.17) is 15.5 Å².